The Bertz CT molecular complexity index is 1350. The predicted octanol–water partition coefficient (Wildman–Crippen LogP) is 0.873. The monoisotopic (exact) mass is 454 g/mol. The Balaban J connectivity index is 1.41. The molecule has 2 heterocycles. The summed E-state index contributed by atoms with van der Waals surface area (Å²) in [6, 6.07) is 12.9. The third kappa shape index (κ3) is 4.06. The van der Waals surface area contributed by atoms with Gasteiger partial charge in [-0.25, -0.2) is 13.4 Å². The van der Waals surface area contributed by atoms with Gasteiger partial charge in [0.15, 0.2) is 0 Å². The molecule has 0 unspecified atom stereocenters. The number of carbonyl (C=O) groups excluding carboxylic acids is 2. The maximum Gasteiger partial charge on any atom is 0.263 e. The van der Waals surface area contributed by atoms with E-state index in [9.17, 15) is 18.0 Å². The van der Waals surface area contributed by atoms with Crippen molar-refractivity contribution in [3.8, 4) is 0 Å². The zero-order chi connectivity index (χ0) is 22.9. The molecule has 0 aliphatic carbocycles. The van der Waals surface area contributed by atoms with Crippen LogP contribution in [0.25, 0.3) is 11.0 Å². The number of amidine groups is 1. The van der Waals surface area contributed by atoms with E-state index in [4.69, 9.17) is 0 Å². The molecule has 166 valence electrons. The molecule has 1 aliphatic rings. The summed E-state index contributed by atoms with van der Waals surface area (Å²) in [5, 5.41) is 0. The number of hydrazine groups is 1. The zero-order valence-electron chi connectivity index (χ0n) is 17.5. The molecule has 1 aromatic heterocycles. The van der Waals surface area contributed by atoms with Crippen LogP contribution >= 0.6 is 0 Å². The van der Waals surface area contributed by atoms with Gasteiger partial charge in [0, 0.05) is 12.0 Å². The number of amides is 2. The van der Waals surface area contributed by atoms with Crippen LogP contribution < -0.4 is 15.6 Å². The number of imidazole rings is 1. The van der Waals surface area contributed by atoms with Crippen molar-refractivity contribution in [2.24, 2.45) is 4.99 Å². The highest BCUT2D eigenvalue weighted by molar-refractivity contribution is 7.90. The fourth-order valence-corrected chi connectivity index (χ4v) is 4.71. The fourth-order valence-electron chi connectivity index (χ4n) is 3.47. The van der Waals surface area contributed by atoms with Crippen molar-refractivity contribution in [3.63, 3.8) is 0 Å². The number of nitrogens with one attached hydrogen (secondary N) is 3. The van der Waals surface area contributed by atoms with E-state index in [0.717, 1.165) is 16.9 Å². The highest BCUT2D eigenvalue weighted by atomic mass is 32.2. The van der Waals surface area contributed by atoms with Gasteiger partial charge in [0.25, 0.3) is 21.8 Å². The first-order chi connectivity index (χ1) is 15.3. The van der Waals surface area contributed by atoms with E-state index >= 15 is 0 Å². The van der Waals surface area contributed by atoms with E-state index in [2.05, 4.69) is 25.6 Å². The largest absolute Gasteiger partial charge is 0.318 e. The van der Waals surface area contributed by atoms with E-state index in [1.165, 1.54) is 13.0 Å². The highest BCUT2D eigenvalue weighted by Gasteiger charge is 2.31. The molecule has 0 spiro atoms. The molecule has 11 heteroatoms. The lowest BCUT2D eigenvalue weighted by molar-refractivity contribution is -0.129. The van der Waals surface area contributed by atoms with Gasteiger partial charge in [0.2, 0.25) is 0 Å². The minimum absolute atomic E-state index is 0.0138. The topological polar surface area (TPSA) is 135 Å². The van der Waals surface area contributed by atoms with Crippen LogP contribution in [0.15, 0.2) is 58.4 Å². The van der Waals surface area contributed by atoms with Gasteiger partial charge in [-0.3, -0.25) is 30.2 Å². The lowest BCUT2D eigenvalue weighted by atomic mass is 10.2. The first-order valence-electron chi connectivity index (χ1n) is 10.0. The van der Waals surface area contributed by atoms with Crippen LogP contribution in [0, 0.1) is 0 Å². The van der Waals surface area contributed by atoms with Gasteiger partial charge < -0.3 is 4.57 Å². The van der Waals surface area contributed by atoms with E-state index in [1.807, 2.05) is 31.2 Å². The summed E-state index contributed by atoms with van der Waals surface area (Å²) >= 11 is 0. The molecular weight excluding hydrogens is 432 g/mol. The van der Waals surface area contributed by atoms with E-state index in [0.29, 0.717) is 12.0 Å². The second kappa shape index (κ2) is 8.42. The number of benzene rings is 2. The van der Waals surface area contributed by atoms with Crippen LogP contribution in [0.3, 0.4) is 0 Å². The lowest BCUT2D eigenvalue weighted by Gasteiger charge is -2.12. The first kappa shape index (κ1) is 21.5. The van der Waals surface area contributed by atoms with Gasteiger partial charge >= 0.3 is 0 Å². The fraction of sp³-hybridized carbons (Fsp3) is 0.238. The number of carbonyl (C=O) groups is 2. The molecule has 0 saturated heterocycles. The highest BCUT2D eigenvalue weighted by Crippen LogP contribution is 2.22. The summed E-state index contributed by atoms with van der Waals surface area (Å²) < 4.78 is 28.5. The number of aliphatic imine (C=N–C) groups is 1. The molecule has 1 aliphatic heterocycles. The Hall–Kier alpha value is -3.73. The number of fused-ring (bicyclic) bond motifs is 2. The maximum absolute atomic E-state index is 12.4. The smallest absolute Gasteiger partial charge is 0.263 e. The second-order valence-corrected chi connectivity index (χ2v) is 8.90. The van der Waals surface area contributed by atoms with Crippen molar-refractivity contribution in [1.82, 2.24) is 25.1 Å². The van der Waals surface area contributed by atoms with Crippen LogP contribution in [0.1, 0.15) is 25.2 Å². The van der Waals surface area contributed by atoms with Crippen molar-refractivity contribution in [1.29, 1.82) is 0 Å². The quantitative estimate of drug-likeness (QED) is 0.492. The van der Waals surface area contributed by atoms with Crippen molar-refractivity contribution in [2.45, 2.75) is 37.8 Å². The Morgan fingerprint density at radius 2 is 1.84 bits per heavy atom. The molecule has 32 heavy (non-hydrogen) atoms. The number of para-hydroxylation sites is 2. The zero-order valence-corrected chi connectivity index (χ0v) is 18.3. The summed E-state index contributed by atoms with van der Waals surface area (Å²) in [5.74, 6) is -0.157. The molecule has 0 bridgehead atoms. The van der Waals surface area contributed by atoms with Crippen LogP contribution in [-0.2, 0) is 32.6 Å². The average molecular weight is 455 g/mol. The van der Waals surface area contributed by atoms with E-state index < -0.39 is 27.9 Å². The number of hydrogen-bond acceptors (Lipinski definition) is 6. The molecule has 10 nitrogen and oxygen atoms in total. The van der Waals surface area contributed by atoms with Crippen molar-refractivity contribution < 1.29 is 18.0 Å². The van der Waals surface area contributed by atoms with Crippen LogP contribution in [-0.4, -0.2) is 41.7 Å². The molecule has 0 radical (unpaired) electrons. The van der Waals surface area contributed by atoms with Crippen molar-refractivity contribution in [2.75, 3.05) is 0 Å². The molecule has 2 aromatic carbocycles. The van der Waals surface area contributed by atoms with Gasteiger partial charge in [-0.15, -0.1) is 0 Å². The van der Waals surface area contributed by atoms with Crippen LogP contribution in [0.5, 0.6) is 0 Å². The number of rotatable bonds is 5. The molecule has 3 N–H and O–H groups in total. The maximum atomic E-state index is 12.4. The summed E-state index contributed by atoms with van der Waals surface area (Å²) in [6.45, 7) is 3.44. The molecular formula is C21H22N6O4S. The van der Waals surface area contributed by atoms with Crippen molar-refractivity contribution >= 4 is 38.7 Å². The summed E-state index contributed by atoms with van der Waals surface area (Å²) in [7, 11) is -3.70. The van der Waals surface area contributed by atoms with Gasteiger partial charge in [0.05, 0.1) is 15.9 Å². The summed E-state index contributed by atoms with van der Waals surface area (Å²) in [4.78, 5) is 33.7. The van der Waals surface area contributed by atoms with Gasteiger partial charge in [0.1, 0.15) is 24.2 Å². The molecule has 3 aromatic rings. The van der Waals surface area contributed by atoms with Gasteiger partial charge in [-0.05, 0) is 31.2 Å². The average Bonchev–Trinajstić information content (AvgIpc) is 3.26. The number of nitrogens with zero attached hydrogens (tertiary/aromatic N) is 3. The first-order valence-corrected chi connectivity index (χ1v) is 11.5. The van der Waals surface area contributed by atoms with Crippen molar-refractivity contribution in [3.05, 3.63) is 59.9 Å². The standard InChI is InChI=1S/C21H22N6O4S/c1-3-18-23-15-9-5-6-10-16(15)27(18)12-19(28)24-25-21(29)13(2)22-20-14-8-4-7-11-17(14)32(30,31)26-20/h4-11,13H,3,12H2,1-2H3,(H,22,26)(H,24,28)(H,25,29)/t13-/m1/s1. The minimum Gasteiger partial charge on any atom is -0.318 e. The predicted molar refractivity (Wildman–Crippen MR) is 118 cm³/mol. The summed E-state index contributed by atoms with van der Waals surface area (Å²) in [5.41, 5.74) is 6.75. The Labute approximate surface area is 184 Å². The molecule has 1 atom stereocenters. The Kier molecular flexibility index (Phi) is 5.66. The van der Waals surface area contributed by atoms with Crippen LogP contribution in [0.2, 0.25) is 0 Å². The number of aryl methyl sites for hydroxylation is 1. The number of hydrogen-bond donors (Lipinski definition) is 3. The summed E-state index contributed by atoms with van der Waals surface area (Å²) in [6.07, 6.45) is 0.653. The third-order valence-corrected chi connectivity index (χ3v) is 6.44. The molecule has 0 fully saturated rings. The van der Waals surface area contributed by atoms with E-state index in [-0.39, 0.29) is 17.3 Å². The Morgan fingerprint density at radius 1 is 1.12 bits per heavy atom. The number of sulfonamides is 1. The SMILES string of the molecule is CCc1nc2ccccc2n1CC(=O)NNC(=O)[C@@H](C)N=C1NS(=O)(=O)c2ccccc21. The number of aromatic nitrogens is 2. The van der Waals surface area contributed by atoms with Gasteiger partial charge in [-0.2, -0.15) is 0 Å². The molecule has 4 rings (SSSR count). The minimum atomic E-state index is -3.70. The lowest BCUT2D eigenvalue weighted by Crippen LogP contribution is -2.46. The van der Waals surface area contributed by atoms with Gasteiger partial charge in [-0.1, -0.05) is 31.2 Å². The molecule has 2 amide bonds. The normalized spacial score (nSPS) is 16.4. The second-order valence-electron chi connectivity index (χ2n) is 7.25. The third-order valence-electron chi connectivity index (χ3n) is 5.04. The Morgan fingerprint density at radius 3 is 2.62 bits per heavy atom. The molecule has 0 saturated carbocycles. The van der Waals surface area contributed by atoms with Crippen LogP contribution in [0.4, 0.5) is 0 Å². The van der Waals surface area contributed by atoms with E-state index in [1.54, 1.807) is 22.8 Å².